The molecule has 114 valence electrons. The van der Waals surface area contributed by atoms with E-state index in [1.54, 1.807) is 0 Å². The highest BCUT2D eigenvalue weighted by molar-refractivity contribution is 5.88. The number of carbonyl (C=O) groups excluding carboxylic acids is 2. The van der Waals surface area contributed by atoms with Crippen LogP contribution in [-0.2, 0) is 17.8 Å². The molecule has 2 amide bonds. The van der Waals surface area contributed by atoms with E-state index in [-0.39, 0.29) is 30.2 Å². The lowest BCUT2D eigenvalue weighted by Gasteiger charge is -2.10. The van der Waals surface area contributed by atoms with E-state index in [2.05, 4.69) is 26.8 Å². The predicted octanol–water partition coefficient (Wildman–Crippen LogP) is 0.130. The summed E-state index contributed by atoms with van der Waals surface area (Å²) in [4.78, 5) is 26.8. The van der Waals surface area contributed by atoms with Crippen LogP contribution in [-0.4, -0.2) is 28.0 Å². The first-order valence-electron chi connectivity index (χ1n) is 6.79. The maximum atomic E-state index is 12.2. The maximum absolute atomic E-state index is 12.2. The van der Waals surface area contributed by atoms with Crippen LogP contribution in [0.3, 0.4) is 0 Å². The Bertz CT molecular complexity index is 740. The van der Waals surface area contributed by atoms with Gasteiger partial charge in [-0.1, -0.05) is 22.9 Å². The Labute approximate surface area is 126 Å². The number of fused-ring (bicyclic) bond motifs is 1. The summed E-state index contributed by atoms with van der Waals surface area (Å²) < 4.78 is 4.82. The summed E-state index contributed by atoms with van der Waals surface area (Å²) >= 11 is 0. The molecule has 0 bridgehead atoms. The van der Waals surface area contributed by atoms with Crippen LogP contribution < -0.4 is 16.4 Å². The molecule has 0 fully saturated rings. The monoisotopic (exact) mass is 301 g/mol. The van der Waals surface area contributed by atoms with Crippen molar-refractivity contribution in [1.82, 2.24) is 15.5 Å². The standard InChI is InChI=1S/C14H15N5O3/c1-7-2-3-9-8(4-7)5-10(17-9)14(21)16-6-11-18-13(12(15)20)19-22-11/h2-4,10,17H,5-6H2,1H3,(H2,15,20)(H,16,21)/t10-/m0/s1. The second-order valence-electron chi connectivity index (χ2n) is 5.16. The molecule has 0 aliphatic carbocycles. The number of rotatable bonds is 4. The number of aryl methyl sites for hydroxylation is 1. The van der Waals surface area contributed by atoms with E-state index < -0.39 is 5.91 Å². The van der Waals surface area contributed by atoms with Gasteiger partial charge in [-0.3, -0.25) is 9.59 Å². The number of amides is 2. The Hall–Kier alpha value is -2.90. The molecule has 0 spiro atoms. The molecule has 0 saturated carbocycles. The molecule has 2 aromatic rings. The van der Waals surface area contributed by atoms with Gasteiger partial charge in [0.05, 0.1) is 6.54 Å². The third-order valence-electron chi connectivity index (χ3n) is 3.43. The lowest BCUT2D eigenvalue weighted by molar-refractivity contribution is -0.122. The number of anilines is 1. The topological polar surface area (TPSA) is 123 Å². The van der Waals surface area contributed by atoms with Gasteiger partial charge in [0.25, 0.3) is 11.7 Å². The highest BCUT2D eigenvalue weighted by Crippen LogP contribution is 2.26. The van der Waals surface area contributed by atoms with Crippen molar-refractivity contribution >= 4 is 17.5 Å². The van der Waals surface area contributed by atoms with E-state index >= 15 is 0 Å². The summed E-state index contributed by atoms with van der Waals surface area (Å²) in [7, 11) is 0. The normalized spacial score (nSPS) is 16.0. The van der Waals surface area contributed by atoms with Crippen LogP contribution in [0.2, 0.25) is 0 Å². The van der Waals surface area contributed by atoms with Crippen molar-refractivity contribution in [3.05, 3.63) is 41.0 Å². The van der Waals surface area contributed by atoms with Gasteiger partial charge in [0, 0.05) is 12.1 Å². The molecule has 8 heteroatoms. The first kappa shape index (κ1) is 14.1. The number of hydrogen-bond acceptors (Lipinski definition) is 6. The molecule has 1 atom stereocenters. The molecule has 22 heavy (non-hydrogen) atoms. The number of benzene rings is 1. The van der Waals surface area contributed by atoms with Gasteiger partial charge >= 0.3 is 0 Å². The Morgan fingerprint density at radius 2 is 2.32 bits per heavy atom. The molecular weight excluding hydrogens is 286 g/mol. The minimum atomic E-state index is -0.774. The van der Waals surface area contributed by atoms with Crippen LogP contribution in [0.15, 0.2) is 22.7 Å². The van der Waals surface area contributed by atoms with Gasteiger partial charge in [-0.2, -0.15) is 4.98 Å². The number of primary amides is 1. The SMILES string of the molecule is Cc1ccc2c(c1)C[C@@H](C(=O)NCc1nc(C(N)=O)no1)N2. The van der Waals surface area contributed by atoms with Crippen molar-refractivity contribution in [3.8, 4) is 0 Å². The zero-order valence-corrected chi connectivity index (χ0v) is 11.9. The van der Waals surface area contributed by atoms with Crippen molar-refractivity contribution in [2.75, 3.05) is 5.32 Å². The van der Waals surface area contributed by atoms with Crippen LogP contribution >= 0.6 is 0 Å². The molecule has 1 aliphatic heterocycles. The molecule has 1 aromatic heterocycles. The summed E-state index contributed by atoms with van der Waals surface area (Å²) in [6.45, 7) is 2.06. The first-order chi connectivity index (χ1) is 10.5. The predicted molar refractivity (Wildman–Crippen MR) is 77.0 cm³/mol. The highest BCUT2D eigenvalue weighted by atomic mass is 16.5. The van der Waals surface area contributed by atoms with Crippen molar-refractivity contribution in [3.63, 3.8) is 0 Å². The second kappa shape index (κ2) is 5.47. The summed E-state index contributed by atoms with van der Waals surface area (Å²) in [6, 6.07) is 5.69. The third-order valence-corrected chi connectivity index (χ3v) is 3.43. The number of nitrogens with one attached hydrogen (secondary N) is 2. The van der Waals surface area contributed by atoms with Gasteiger partial charge in [0.2, 0.25) is 11.8 Å². The molecule has 3 rings (SSSR count). The average Bonchev–Trinajstić information content (AvgIpc) is 3.10. The molecular formula is C14H15N5O3. The van der Waals surface area contributed by atoms with Crippen LogP contribution in [0.5, 0.6) is 0 Å². The quantitative estimate of drug-likeness (QED) is 0.737. The van der Waals surface area contributed by atoms with Gasteiger partial charge in [-0.15, -0.1) is 0 Å². The van der Waals surface area contributed by atoms with Crippen LogP contribution in [0.1, 0.15) is 27.6 Å². The van der Waals surface area contributed by atoms with Gasteiger partial charge in [0.15, 0.2) is 0 Å². The van der Waals surface area contributed by atoms with E-state index in [0.717, 1.165) is 16.8 Å². The van der Waals surface area contributed by atoms with Crippen LogP contribution in [0, 0.1) is 6.92 Å². The number of hydrogen-bond donors (Lipinski definition) is 3. The van der Waals surface area contributed by atoms with Crippen LogP contribution in [0.4, 0.5) is 5.69 Å². The Morgan fingerprint density at radius 3 is 3.05 bits per heavy atom. The number of aromatic nitrogens is 2. The average molecular weight is 301 g/mol. The maximum Gasteiger partial charge on any atom is 0.290 e. The minimum absolute atomic E-state index is 0.0483. The van der Waals surface area contributed by atoms with E-state index in [0.29, 0.717) is 6.42 Å². The fourth-order valence-corrected chi connectivity index (χ4v) is 2.36. The smallest absolute Gasteiger partial charge is 0.290 e. The Morgan fingerprint density at radius 1 is 1.50 bits per heavy atom. The largest absolute Gasteiger partial charge is 0.373 e. The van der Waals surface area contributed by atoms with Crippen molar-refractivity contribution < 1.29 is 14.1 Å². The third kappa shape index (κ3) is 2.76. The number of carbonyl (C=O) groups is 2. The molecule has 8 nitrogen and oxygen atoms in total. The van der Waals surface area contributed by atoms with E-state index in [1.165, 1.54) is 0 Å². The molecule has 1 aliphatic rings. The molecule has 0 radical (unpaired) electrons. The molecule has 0 unspecified atom stereocenters. The van der Waals surface area contributed by atoms with Crippen LogP contribution in [0.25, 0.3) is 0 Å². The van der Waals surface area contributed by atoms with Gasteiger partial charge in [-0.25, -0.2) is 0 Å². The Balaban J connectivity index is 1.58. The van der Waals surface area contributed by atoms with Crippen molar-refractivity contribution in [2.45, 2.75) is 25.9 Å². The Kier molecular flexibility index (Phi) is 3.50. The van der Waals surface area contributed by atoms with Gasteiger partial charge in [0.1, 0.15) is 6.04 Å². The summed E-state index contributed by atoms with van der Waals surface area (Å²) in [5.74, 6) is -1.02. The first-order valence-corrected chi connectivity index (χ1v) is 6.79. The summed E-state index contributed by atoms with van der Waals surface area (Å²) in [5.41, 5.74) is 8.27. The zero-order chi connectivity index (χ0) is 15.7. The van der Waals surface area contributed by atoms with E-state index in [4.69, 9.17) is 10.3 Å². The lowest BCUT2D eigenvalue weighted by atomic mass is 10.1. The number of nitrogens with two attached hydrogens (primary N) is 1. The van der Waals surface area contributed by atoms with Crippen molar-refractivity contribution in [1.29, 1.82) is 0 Å². The molecule has 0 saturated heterocycles. The van der Waals surface area contributed by atoms with E-state index in [9.17, 15) is 9.59 Å². The lowest BCUT2D eigenvalue weighted by Crippen LogP contribution is -2.38. The van der Waals surface area contributed by atoms with E-state index in [1.807, 2.05) is 19.1 Å². The molecule has 1 aromatic carbocycles. The van der Waals surface area contributed by atoms with Gasteiger partial charge in [-0.05, 0) is 18.6 Å². The fraction of sp³-hybridized carbons (Fsp3) is 0.286. The summed E-state index contributed by atoms with van der Waals surface area (Å²) in [5, 5.41) is 9.27. The molecule has 2 heterocycles. The zero-order valence-electron chi connectivity index (χ0n) is 11.9. The minimum Gasteiger partial charge on any atom is -0.373 e. The highest BCUT2D eigenvalue weighted by Gasteiger charge is 2.26. The second-order valence-corrected chi connectivity index (χ2v) is 5.16. The van der Waals surface area contributed by atoms with Gasteiger partial charge < -0.3 is 20.9 Å². The number of nitrogens with zero attached hydrogens (tertiary/aromatic N) is 2. The van der Waals surface area contributed by atoms with Crippen molar-refractivity contribution in [2.24, 2.45) is 5.73 Å². The molecule has 4 N–H and O–H groups in total. The summed E-state index contributed by atoms with van der Waals surface area (Å²) in [6.07, 6.45) is 0.624. The fourth-order valence-electron chi connectivity index (χ4n) is 2.36.